The zero-order valence-electron chi connectivity index (χ0n) is 11.8. The van der Waals surface area contributed by atoms with Crippen LogP contribution in [0.15, 0.2) is 12.1 Å². The second kappa shape index (κ2) is 5.00. The van der Waals surface area contributed by atoms with Crippen molar-refractivity contribution in [3.05, 3.63) is 34.4 Å². The first kappa shape index (κ1) is 13.5. The van der Waals surface area contributed by atoms with E-state index >= 15 is 0 Å². The van der Waals surface area contributed by atoms with Crippen LogP contribution in [-0.4, -0.2) is 12.2 Å². The predicted octanol–water partition coefficient (Wildman–Crippen LogP) is 2.69. The largest absolute Gasteiger partial charge is 0.373 e. The van der Waals surface area contributed by atoms with Gasteiger partial charge in [0.2, 0.25) is 0 Å². The van der Waals surface area contributed by atoms with Gasteiger partial charge in [0.25, 0.3) is 0 Å². The normalized spacial score (nSPS) is 25.4. The first-order chi connectivity index (χ1) is 8.48. The Labute approximate surface area is 110 Å². The second-order valence-electron chi connectivity index (χ2n) is 5.66. The minimum Gasteiger partial charge on any atom is -0.373 e. The molecule has 1 saturated heterocycles. The van der Waals surface area contributed by atoms with Gasteiger partial charge in [-0.15, -0.1) is 0 Å². The van der Waals surface area contributed by atoms with Crippen LogP contribution in [0.2, 0.25) is 0 Å². The summed E-state index contributed by atoms with van der Waals surface area (Å²) in [6.07, 6.45) is 2.16. The Bertz CT molecular complexity index is 436. The zero-order chi connectivity index (χ0) is 13.3. The standard InChI is InChI=1S/C15H24N2O/c1-10-8-12(3)13(9-11(10)2)14(17-16)15(4)6-5-7-18-15/h8-9,14,17H,5-7,16H2,1-4H3. The van der Waals surface area contributed by atoms with E-state index in [1.165, 1.54) is 22.3 Å². The highest BCUT2D eigenvalue weighted by Gasteiger charge is 2.39. The number of hydrazine groups is 1. The number of aryl methyl sites for hydroxylation is 3. The molecule has 0 amide bonds. The Balaban J connectivity index is 2.41. The molecule has 3 heteroatoms. The molecule has 1 aromatic rings. The summed E-state index contributed by atoms with van der Waals surface area (Å²) in [4.78, 5) is 0. The molecule has 2 unspecified atom stereocenters. The number of ether oxygens (including phenoxy) is 1. The lowest BCUT2D eigenvalue weighted by Gasteiger charge is -2.34. The molecule has 1 aromatic carbocycles. The van der Waals surface area contributed by atoms with Crippen LogP contribution in [0.5, 0.6) is 0 Å². The van der Waals surface area contributed by atoms with Crippen LogP contribution in [0.25, 0.3) is 0 Å². The minimum atomic E-state index is -0.193. The van der Waals surface area contributed by atoms with Crippen molar-refractivity contribution >= 4 is 0 Å². The Morgan fingerprint density at radius 3 is 2.44 bits per heavy atom. The van der Waals surface area contributed by atoms with Crippen LogP contribution < -0.4 is 11.3 Å². The minimum absolute atomic E-state index is 0.0549. The lowest BCUT2D eigenvalue weighted by atomic mass is 9.84. The third kappa shape index (κ3) is 2.30. The fraction of sp³-hybridized carbons (Fsp3) is 0.600. The molecular formula is C15H24N2O. The smallest absolute Gasteiger partial charge is 0.0862 e. The van der Waals surface area contributed by atoms with Gasteiger partial charge in [-0.25, -0.2) is 0 Å². The van der Waals surface area contributed by atoms with Gasteiger partial charge in [0.1, 0.15) is 0 Å². The zero-order valence-corrected chi connectivity index (χ0v) is 11.8. The summed E-state index contributed by atoms with van der Waals surface area (Å²) >= 11 is 0. The van der Waals surface area contributed by atoms with Gasteiger partial charge in [0, 0.05) is 6.61 Å². The summed E-state index contributed by atoms with van der Waals surface area (Å²) < 4.78 is 5.93. The van der Waals surface area contributed by atoms with E-state index < -0.39 is 0 Å². The van der Waals surface area contributed by atoms with E-state index in [4.69, 9.17) is 10.6 Å². The van der Waals surface area contributed by atoms with Crippen molar-refractivity contribution in [1.82, 2.24) is 5.43 Å². The molecule has 1 heterocycles. The molecule has 0 spiro atoms. The molecule has 18 heavy (non-hydrogen) atoms. The number of hydrogen-bond acceptors (Lipinski definition) is 3. The van der Waals surface area contributed by atoms with Gasteiger partial charge < -0.3 is 4.74 Å². The maximum Gasteiger partial charge on any atom is 0.0862 e. The Morgan fingerprint density at radius 1 is 1.22 bits per heavy atom. The topological polar surface area (TPSA) is 47.3 Å². The predicted molar refractivity (Wildman–Crippen MR) is 74.3 cm³/mol. The van der Waals surface area contributed by atoms with Crippen molar-refractivity contribution < 1.29 is 4.74 Å². The molecule has 0 saturated carbocycles. The molecule has 0 radical (unpaired) electrons. The molecule has 1 aliphatic heterocycles. The van der Waals surface area contributed by atoms with E-state index in [-0.39, 0.29) is 11.6 Å². The third-order valence-electron chi connectivity index (χ3n) is 4.22. The van der Waals surface area contributed by atoms with E-state index in [2.05, 4.69) is 45.3 Å². The molecule has 2 atom stereocenters. The summed E-state index contributed by atoms with van der Waals surface area (Å²) in [5.74, 6) is 5.80. The fourth-order valence-electron chi connectivity index (χ4n) is 2.92. The summed E-state index contributed by atoms with van der Waals surface area (Å²) in [5, 5.41) is 0. The van der Waals surface area contributed by atoms with Gasteiger partial charge in [-0.3, -0.25) is 11.3 Å². The summed E-state index contributed by atoms with van der Waals surface area (Å²) in [5.41, 5.74) is 7.93. The Kier molecular flexibility index (Phi) is 3.76. The molecule has 2 rings (SSSR count). The SMILES string of the molecule is Cc1cc(C)c(C(NN)C2(C)CCCO2)cc1C. The molecular weight excluding hydrogens is 224 g/mol. The van der Waals surface area contributed by atoms with Crippen LogP contribution in [0, 0.1) is 20.8 Å². The number of hydrogen-bond donors (Lipinski definition) is 2. The van der Waals surface area contributed by atoms with Crippen LogP contribution in [-0.2, 0) is 4.74 Å². The van der Waals surface area contributed by atoms with Crippen LogP contribution >= 0.6 is 0 Å². The van der Waals surface area contributed by atoms with Gasteiger partial charge in [-0.2, -0.15) is 0 Å². The summed E-state index contributed by atoms with van der Waals surface area (Å²) in [6, 6.07) is 4.52. The third-order valence-corrected chi connectivity index (χ3v) is 4.22. The van der Waals surface area contributed by atoms with E-state index in [0.29, 0.717) is 0 Å². The van der Waals surface area contributed by atoms with Gasteiger partial charge in [0.05, 0.1) is 11.6 Å². The lowest BCUT2D eigenvalue weighted by Crippen LogP contribution is -2.44. The molecule has 1 aliphatic rings. The van der Waals surface area contributed by atoms with Gasteiger partial charge in [-0.05, 0) is 62.8 Å². The van der Waals surface area contributed by atoms with E-state index in [9.17, 15) is 0 Å². The van der Waals surface area contributed by atoms with Crippen LogP contribution in [0.3, 0.4) is 0 Å². The summed E-state index contributed by atoms with van der Waals surface area (Å²) in [6.45, 7) is 9.41. The van der Waals surface area contributed by atoms with Crippen molar-refractivity contribution in [3.8, 4) is 0 Å². The monoisotopic (exact) mass is 248 g/mol. The van der Waals surface area contributed by atoms with Gasteiger partial charge >= 0.3 is 0 Å². The van der Waals surface area contributed by atoms with Gasteiger partial charge in [-0.1, -0.05) is 12.1 Å². The van der Waals surface area contributed by atoms with E-state index in [1.807, 2.05) is 0 Å². The van der Waals surface area contributed by atoms with E-state index in [1.54, 1.807) is 0 Å². The first-order valence-electron chi connectivity index (χ1n) is 6.66. The van der Waals surface area contributed by atoms with Crippen molar-refractivity contribution in [2.75, 3.05) is 6.61 Å². The maximum atomic E-state index is 5.93. The Morgan fingerprint density at radius 2 is 1.89 bits per heavy atom. The highest BCUT2D eigenvalue weighted by molar-refractivity contribution is 5.39. The maximum absolute atomic E-state index is 5.93. The number of nitrogens with one attached hydrogen (secondary N) is 1. The van der Waals surface area contributed by atoms with Crippen molar-refractivity contribution in [1.29, 1.82) is 0 Å². The molecule has 0 aliphatic carbocycles. The number of rotatable bonds is 3. The second-order valence-corrected chi connectivity index (χ2v) is 5.66. The molecule has 100 valence electrons. The Hall–Kier alpha value is -0.900. The average molecular weight is 248 g/mol. The van der Waals surface area contributed by atoms with E-state index in [0.717, 1.165) is 19.4 Å². The highest BCUT2D eigenvalue weighted by atomic mass is 16.5. The molecule has 1 fully saturated rings. The fourth-order valence-corrected chi connectivity index (χ4v) is 2.92. The first-order valence-corrected chi connectivity index (χ1v) is 6.66. The molecule has 0 aromatic heterocycles. The van der Waals surface area contributed by atoms with Crippen molar-refractivity contribution in [3.63, 3.8) is 0 Å². The average Bonchev–Trinajstić information content (AvgIpc) is 2.74. The lowest BCUT2D eigenvalue weighted by molar-refractivity contribution is -0.0127. The molecule has 3 nitrogen and oxygen atoms in total. The van der Waals surface area contributed by atoms with Crippen LogP contribution in [0.4, 0.5) is 0 Å². The van der Waals surface area contributed by atoms with Crippen LogP contribution in [0.1, 0.15) is 48.1 Å². The van der Waals surface area contributed by atoms with Crippen molar-refractivity contribution in [2.24, 2.45) is 5.84 Å². The molecule has 0 bridgehead atoms. The number of benzene rings is 1. The molecule has 3 N–H and O–H groups in total. The summed E-state index contributed by atoms with van der Waals surface area (Å²) in [7, 11) is 0. The quantitative estimate of drug-likeness (QED) is 0.638. The number of nitrogens with two attached hydrogens (primary N) is 1. The van der Waals surface area contributed by atoms with Crippen molar-refractivity contribution in [2.45, 2.75) is 52.2 Å². The van der Waals surface area contributed by atoms with Gasteiger partial charge in [0.15, 0.2) is 0 Å². The highest BCUT2D eigenvalue weighted by Crippen LogP contribution is 2.38.